The number of amidine groups is 1. The SMILES string of the molecule is CC(c1cccc(Cl)c1)N(C)CCC(=N)N. The van der Waals surface area contributed by atoms with E-state index in [2.05, 4.69) is 17.9 Å². The van der Waals surface area contributed by atoms with Gasteiger partial charge in [0.05, 0.1) is 5.84 Å². The van der Waals surface area contributed by atoms with Crippen molar-refractivity contribution >= 4 is 17.4 Å². The molecule has 0 radical (unpaired) electrons. The first-order valence-corrected chi connectivity index (χ1v) is 5.67. The van der Waals surface area contributed by atoms with E-state index in [0.29, 0.717) is 6.42 Å². The number of rotatable bonds is 5. The highest BCUT2D eigenvalue weighted by molar-refractivity contribution is 6.30. The Hall–Kier alpha value is -1.06. The number of nitrogens with two attached hydrogens (primary N) is 1. The van der Waals surface area contributed by atoms with Crippen LogP contribution in [-0.2, 0) is 0 Å². The van der Waals surface area contributed by atoms with E-state index in [1.54, 1.807) is 0 Å². The molecule has 0 aliphatic carbocycles. The molecular weight excluding hydrogens is 222 g/mol. The van der Waals surface area contributed by atoms with Gasteiger partial charge in [0.2, 0.25) is 0 Å². The molecule has 0 spiro atoms. The Morgan fingerprint density at radius 1 is 1.56 bits per heavy atom. The van der Waals surface area contributed by atoms with E-state index in [9.17, 15) is 0 Å². The highest BCUT2D eigenvalue weighted by atomic mass is 35.5. The quantitative estimate of drug-likeness (QED) is 0.613. The van der Waals surface area contributed by atoms with Gasteiger partial charge >= 0.3 is 0 Å². The fraction of sp³-hybridized carbons (Fsp3) is 0.417. The summed E-state index contributed by atoms with van der Waals surface area (Å²) < 4.78 is 0. The van der Waals surface area contributed by atoms with Gasteiger partial charge in [-0.05, 0) is 31.7 Å². The second-order valence-corrected chi connectivity index (χ2v) is 4.42. The van der Waals surface area contributed by atoms with Crippen molar-refractivity contribution < 1.29 is 0 Å². The van der Waals surface area contributed by atoms with Crippen LogP contribution in [0.2, 0.25) is 5.02 Å². The third kappa shape index (κ3) is 3.83. The largest absolute Gasteiger partial charge is 0.388 e. The van der Waals surface area contributed by atoms with E-state index in [0.717, 1.165) is 11.6 Å². The van der Waals surface area contributed by atoms with Crippen LogP contribution in [0.4, 0.5) is 0 Å². The lowest BCUT2D eigenvalue weighted by atomic mass is 10.1. The van der Waals surface area contributed by atoms with Gasteiger partial charge in [-0.1, -0.05) is 23.7 Å². The summed E-state index contributed by atoms with van der Waals surface area (Å²) in [5.74, 6) is 0.227. The Balaban J connectivity index is 2.62. The molecule has 0 aromatic heterocycles. The molecule has 0 aliphatic heterocycles. The minimum Gasteiger partial charge on any atom is -0.388 e. The molecule has 0 saturated heterocycles. The summed E-state index contributed by atoms with van der Waals surface area (Å²) in [6.07, 6.45) is 0.599. The molecule has 16 heavy (non-hydrogen) atoms. The van der Waals surface area contributed by atoms with Gasteiger partial charge in [0.1, 0.15) is 0 Å². The lowest BCUT2D eigenvalue weighted by Crippen LogP contribution is -2.26. The smallest absolute Gasteiger partial charge is 0.0918 e. The molecular formula is C12H18ClN3. The molecule has 1 aromatic carbocycles. The molecule has 0 heterocycles. The first kappa shape index (κ1) is 13.0. The van der Waals surface area contributed by atoms with Gasteiger partial charge in [-0.3, -0.25) is 10.3 Å². The second kappa shape index (κ2) is 5.87. The van der Waals surface area contributed by atoms with E-state index in [4.69, 9.17) is 22.7 Å². The number of nitrogens with one attached hydrogen (secondary N) is 1. The molecule has 88 valence electrons. The standard InChI is InChI=1S/C12H18ClN3/c1-9(16(2)7-6-12(14)15)10-4-3-5-11(13)8-10/h3-5,8-9H,6-7H2,1-2H3,(H3,14,15). The Bertz CT molecular complexity index is 365. The maximum absolute atomic E-state index is 7.20. The molecule has 4 heteroatoms. The van der Waals surface area contributed by atoms with Crippen molar-refractivity contribution in [2.24, 2.45) is 5.73 Å². The van der Waals surface area contributed by atoms with Gasteiger partial charge in [-0.25, -0.2) is 0 Å². The third-order valence-corrected chi connectivity index (χ3v) is 2.96. The van der Waals surface area contributed by atoms with Crippen molar-refractivity contribution in [1.82, 2.24) is 4.90 Å². The zero-order valence-corrected chi connectivity index (χ0v) is 10.5. The summed E-state index contributed by atoms with van der Waals surface area (Å²) in [5, 5.41) is 7.95. The average molecular weight is 240 g/mol. The zero-order chi connectivity index (χ0) is 12.1. The normalized spacial score (nSPS) is 12.8. The van der Waals surface area contributed by atoms with Crippen LogP contribution in [0.3, 0.4) is 0 Å². The molecule has 0 saturated carbocycles. The molecule has 1 unspecified atom stereocenters. The summed E-state index contributed by atoms with van der Waals surface area (Å²) in [6.45, 7) is 2.90. The Morgan fingerprint density at radius 2 is 2.25 bits per heavy atom. The van der Waals surface area contributed by atoms with Crippen LogP contribution in [0, 0.1) is 5.41 Å². The fourth-order valence-electron chi connectivity index (χ4n) is 1.51. The van der Waals surface area contributed by atoms with Crippen molar-refractivity contribution in [3.63, 3.8) is 0 Å². The maximum atomic E-state index is 7.20. The lowest BCUT2D eigenvalue weighted by molar-refractivity contribution is 0.269. The fourth-order valence-corrected chi connectivity index (χ4v) is 1.71. The first-order chi connectivity index (χ1) is 7.50. The lowest BCUT2D eigenvalue weighted by Gasteiger charge is -2.24. The van der Waals surface area contributed by atoms with Crippen molar-refractivity contribution in [3.8, 4) is 0 Å². The van der Waals surface area contributed by atoms with Crippen molar-refractivity contribution in [2.45, 2.75) is 19.4 Å². The summed E-state index contributed by atoms with van der Waals surface area (Å²) in [6, 6.07) is 8.12. The van der Waals surface area contributed by atoms with Crippen LogP contribution in [0.15, 0.2) is 24.3 Å². The van der Waals surface area contributed by atoms with Crippen LogP contribution in [0.1, 0.15) is 24.9 Å². The molecule has 3 nitrogen and oxygen atoms in total. The van der Waals surface area contributed by atoms with Crippen molar-refractivity contribution in [1.29, 1.82) is 5.41 Å². The topological polar surface area (TPSA) is 53.1 Å². The van der Waals surface area contributed by atoms with Gasteiger partial charge < -0.3 is 5.73 Å². The van der Waals surface area contributed by atoms with Crippen LogP contribution < -0.4 is 5.73 Å². The van der Waals surface area contributed by atoms with E-state index in [1.807, 2.05) is 25.2 Å². The van der Waals surface area contributed by atoms with Crippen LogP contribution >= 0.6 is 11.6 Å². The molecule has 3 N–H and O–H groups in total. The van der Waals surface area contributed by atoms with Gasteiger partial charge in [0.15, 0.2) is 0 Å². The number of nitrogens with zero attached hydrogens (tertiary/aromatic N) is 1. The van der Waals surface area contributed by atoms with Crippen molar-refractivity contribution in [3.05, 3.63) is 34.9 Å². The van der Waals surface area contributed by atoms with Gasteiger partial charge in [-0.2, -0.15) is 0 Å². The van der Waals surface area contributed by atoms with Crippen LogP contribution in [0.5, 0.6) is 0 Å². The number of halogens is 1. The summed E-state index contributed by atoms with van der Waals surface area (Å²) in [4.78, 5) is 2.16. The van der Waals surface area contributed by atoms with Gasteiger partial charge in [0.25, 0.3) is 0 Å². The van der Waals surface area contributed by atoms with Gasteiger partial charge in [-0.15, -0.1) is 0 Å². The van der Waals surface area contributed by atoms with E-state index >= 15 is 0 Å². The molecule has 0 bridgehead atoms. The Kier molecular flexibility index (Phi) is 4.77. The molecule has 0 amide bonds. The second-order valence-electron chi connectivity index (χ2n) is 3.99. The molecule has 0 fully saturated rings. The molecule has 1 rings (SSSR count). The third-order valence-electron chi connectivity index (χ3n) is 2.73. The van der Waals surface area contributed by atoms with Crippen LogP contribution in [0.25, 0.3) is 0 Å². The first-order valence-electron chi connectivity index (χ1n) is 5.29. The number of hydrogen-bond donors (Lipinski definition) is 2. The predicted molar refractivity (Wildman–Crippen MR) is 69.0 cm³/mol. The number of benzene rings is 1. The van der Waals surface area contributed by atoms with Gasteiger partial charge in [0, 0.05) is 24.0 Å². The Morgan fingerprint density at radius 3 is 2.81 bits per heavy atom. The number of hydrogen-bond acceptors (Lipinski definition) is 2. The maximum Gasteiger partial charge on any atom is 0.0918 e. The summed E-state index contributed by atoms with van der Waals surface area (Å²) >= 11 is 5.95. The molecule has 0 aliphatic rings. The summed E-state index contributed by atoms with van der Waals surface area (Å²) in [5.41, 5.74) is 6.52. The van der Waals surface area contributed by atoms with Crippen molar-refractivity contribution in [2.75, 3.05) is 13.6 Å². The molecule has 1 atom stereocenters. The molecule has 1 aromatic rings. The van der Waals surface area contributed by atoms with E-state index in [-0.39, 0.29) is 11.9 Å². The summed E-state index contributed by atoms with van der Waals surface area (Å²) in [7, 11) is 2.02. The minimum atomic E-state index is 0.227. The highest BCUT2D eigenvalue weighted by Gasteiger charge is 2.11. The monoisotopic (exact) mass is 239 g/mol. The van der Waals surface area contributed by atoms with E-state index < -0.39 is 0 Å². The zero-order valence-electron chi connectivity index (χ0n) is 9.70. The Labute approximate surface area is 102 Å². The average Bonchev–Trinajstić information content (AvgIpc) is 2.24. The highest BCUT2D eigenvalue weighted by Crippen LogP contribution is 2.21. The predicted octanol–water partition coefficient (Wildman–Crippen LogP) is 2.66. The van der Waals surface area contributed by atoms with Crippen LogP contribution in [-0.4, -0.2) is 24.3 Å². The minimum absolute atomic E-state index is 0.227. The van der Waals surface area contributed by atoms with E-state index in [1.165, 1.54) is 5.56 Å².